The van der Waals surface area contributed by atoms with Gasteiger partial charge in [0.1, 0.15) is 17.3 Å². The highest BCUT2D eigenvalue weighted by Crippen LogP contribution is 2.28. The van der Waals surface area contributed by atoms with Crippen LogP contribution in [0.4, 0.5) is 8.78 Å². The molecule has 3 aromatic rings. The van der Waals surface area contributed by atoms with Gasteiger partial charge in [0.25, 0.3) is 0 Å². The maximum atomic E-state index is 14.1. The van der Waals surface area contributed by atoms with E-state index in [0.29, 0.717) is 16.6 Å². The predicted molar refractivity (Wildman–Crippen MR) is 78.1 cm³/mol. The van der Waals surface area contributed by atoms with Crippen LogP contribution in [0, 0.1) is 23.3 Å². The molecule has 102 valence electrons. The lowest BCUT2D eigenvalue weighted by atomic mass is 10.2. The van der Waals surface area contributed by atoms with Gasteiger partial charge in [0, 0.05) is 0 Å². The number of fused-ring (bicyclic) bond motifs is 1. The van der Waals surface area contributed by atoms with Crippen LogP contribution in [0.1, 0.15) is 5.56 Å². The van der Waals surface area contributed by atoms with Gasteiger partial charge in [-0.25, -0.2) is 8.78 Å². The SMILES string of the molecule is Cc1cc2c(cc1F)[nH]c(=S)n2-c1c(F)cccc1Cl. The number of benzene rings is 2. The number of aryl methyl sites for hydroxylation is 1. The maximum Gasteiger partial charge on any atom is 0.182 e. The normalized spacial score (nSPS) is 11.2. The Morgan fingerprint density at radius 2 is 1.95 bits per heavy atom. The molecule has 0 saturated heterocycles. The Morgan fingerprint density at radius 3 is 2.65 bits per heavy atom. The van der Waals surface area contributed by atoms with Crippen LogP contribution in [0.15, 0.2) is 30.3 Å². The quantitative estimate of drug-likeness (QED) is 0.632. The molecule has 0 aliphatic carbocycles. The van der Waals surface area contributed by atoms with E-state index in [1.165, 1.54) is 22.8 Å². The van der Waals surface area contributed by atoms with E-state index >= 15 is 0 Å². The molecule has 0 atom stereocenters. The van der Waals surface area contributed by atoms with E-state index in [1.807, 2.05) is 0 Å². The van der Waals surface area contributed by atoms with Crippen LogP contribution in [0.3, 0.4) is 0 Å². The molecule has 0 amide bonds. The van der Waals surface area contributed by atoms with E-state index in [-0.39, 0.29) is 21.3 Å². The van der Waals surface area contributed by atoms with E-state index in [9.17, 15) is 8.78 Å². The van der Waals surface area contributed by atoms with Gasteiger partial charge in [0.05, 0.1) is 16.1 Å². The van der Waals surface area contributed by atoms with Crippen molar-refractivity contribution in [3.05, 3.63) is 57.3 Å². The van der Waals surface area contributed by atoms with E-state index in [0.717, 1.165) is 0 Å². The van der Waals surface area contributed by atoms with Crippen molar-refractivity contribution >= 4 is 34.9 Å². The molecule has 3 rings (SSSR count). The third-order valence-electron chi connectivity index (χ3n) is 3.12. The first-order chi connectivity index (χ1) is 9.49. The minimum absolute atomic E-state index is 0.163. The second kappa shape index (κ2) is 4.68. The monoisotopic (exact) mass is 310 g/mol. The van der Waals surface area contributed by atoms with Crippen molar-refractivity contribution in [3.8, 4) is 5.69 Å². The number of aromatic amines is 1. The highest BCUT2D eigenvalue weighted by Gasteiger charge is 2.15. The van der Waals surface area contributed by atoms with Gasteiger partial charge in [-0.15, -0.1) is 0 Å². The number of para-hydroxylation sites is 1. The summed E-state index contributed by atoms with van der Waals surface area (Å²) in [5, 5.41) is 0.240. The number of hydrogen-bond acceptors (Lipinski definition) is 1. The summed E-state index contributed by atoms with van der Waals surface area (Å²) in [5.74, 6) is -0.836. The number of imidazole rings is 1. The number of nitrogens with zero attached hydrogens (tertiary/aromatic N) is 1. The minimum Gasteiger partial charge on any atom is -0.330 e. The lowest BCUT2D eigenvalue weighted by molar-refractivity contribution is 0.618. The van der Waals surface area contributed by atoms with Gasteiger partial charge in [-0.1, -0.05) is 17.7 Å². The Labute approximate surface area is 123 Å². The van der Waals surface area contributed by atoms with Crippen LogP contribution in [0.5, 0.6) is 0 Å². The van der Waals surface area contributed by atoms with Gasteiger partial charge >= 0.3 is 0 Å². The van der Waals surface area contributed by atoms with Crippen molar-refractivity contribution < 1.29 is 8.78 Å². The Hall–Kier alpha value is -1.72. The van der Waals surface area contributed by atoms with Crippen LogP contribution in [0.25, 0.3) is 16.7 Å². The summed E-state index contributed by atoms with van der Waals surface area (Å²) in [6, 6.07) is 7.35. The molecule has 0 radical (unpaired) electrons. The topological polar surface area (TPSA) is 20.7 Å². The average molecular weight is 311 g/mol. The summed E-state index contributed by atoms with van der Waals surface area (Å²) in [6.07, 6.45) is 0. The van der Waals surface area contributed by atoms with Gasteiger partial charge in [0.2, 0.25) is 0 Å². The number of halogens is 3. The Kier molecular flexibility index (Phi) is 3.11. The second-order valence-corrected chi connectivity index (χ2v) is 5.25. The lowest BCUT2D eigenvalue weighted by Gasteiger charge is -2.08. The summed E-state index contributed by atoms with van der Waals surface area (Å²) in [6.45, 7) is 1.64. The number of rotatable bonds is 1. The molecule has 0 fully saturated rings. The van der Waals surface area contributed by atoms with Gasteiger partial charge in [-0.05, 0) is 49.0 Å². The molecule has 0 bridgehead atoms. The summed E-state index contributed by atoms with van der Waals surface area (Å²) in [7, 11) is 0. The lowest BCUT2D eigenvalue weighted by Crippen LogP contribution is -1.99. The van der Waals surface area contributed by atoms with Gasteiger partial charge < -0.3 is 4.98 Å². The molecule has 1 N–H and O–H groups in total. The van der Waals surface area contributed by atoms with Crippen LogP contribution >= 0.6 is 23.8 Å². The highest BCUT2D eigenvalue weighted by molar-refractivity contribution is 7.71. The third-order valence-corrected chi connectivity index (χ3v) is 3.71. The molecule has 0 spiro atoms. The standard InChI is InChI=1S/C14H9ClF2N2S/c1-7-5-12-11(6-10(7)17)18-14(20)19(12)13-8(15)3-2-4-9(13)16/h2-6H,1H3,(H,18,20). The molecule has 1 aromatic heterocycles. The zero-order chi connectivity index (χ0) is 14.4. The molecule has 2 aromatic carbocycles. The molecule has 0 aliphatic rings. The second-order valence-electron chi connectivity index (χ2n) is 4.45. The smallest absolute Gasteiger partial charge is 0.182 e. The van der Waals surface area contributed by atoms with Crippen LogP contribution in [-0.4, -0.2) is 9.55 Å². The number of aromatic nitrogens is 2. The third kappa shape index (κ3) is 1.94. The molecule has 0 saturated carbocycles. The van der Waals surface area contributed by atoms with Crippen molar-refractivity contribution in [2.75, 3.05) is 0 Å². The fourth-order valence-corrected chi connectivity index (χ4v) is 2.70. The Bertz CT molecular complexity index is 862. The zero-order valence-electron chi connectivity index (χ0n) is 10.4. The molecule has 20 heavy (non-hydrogen) atoms. The first-order valence-electron chi connectivity index (χ1n) is 5.84. The van der Waals surface area contributed by atoms with Crippen molar-refractivity contribution in [2.24, 2.45) is 0 Å². The summed E-state index contributed by atoms with van der Waals surface area (Å²) in [4.78, 5) is 2.86. The summed E-state index contributed by atoms with van der Waals surface area (Å²) in [5.41, 5.74) is 1.70. The number of nitrogens with one attached hydrogen (secondary N) is 1. The van der Waals surface area contributed by atoms with Gasteiger partial charge in [-0.3, -0.25) is 4.57 Å². The van der Waals surface area contributed by atoms with E-state index < -0.39 is 5.82 Å². The average Bonchev–Trinajstić information content (AvgIpc) is 2.67. The van der Waals surface area contributed by atoms with Crippen molar-refractivity contribution in [3.63, 3.8) is 0 Å². The zero-order valence-corrected chi connectivity index (χ0v) is 11.9. The van der Waals surface area contributed by atoms with Crippen LogP contribution in [-0.2, 0) is 0 Å². The Morgan fingerprint density at radius 1 is 1.20 bits per heavy atom. The van der Waals surface area contributed by atoms with Gasteiger partial charge in [-0.2, -0.15) is 0 Å². The summed E-state index contributed by atoms with van der Waals surface area (Å²) < 4.78 is 29.4. The van der Waals surface area contributed by atoms with Crippen LogP contribution in [0.2, 0.25) is 5.02 Å². The number of H-pyrrole nitrogens is 1. The highest BCUT2D eigenvalue weighted by atomic mass is 35.5. The van der Waals surface area contributed by atoms with Crippen molar-refractivity contribution in [1.29, 1.82) is 0 Å². The molecular formula is C14H9ClF2N2S. The van der Waals surface area contributed by atoms with E-state index in [1.54, 1.807) is 19.1 Å². The molecular weight excluding hydrogens is 302 g/mol. The van der Waals surface area contributed by atoms with Gasteiger partial charge in [0.15, 0.2) is 4.77 Å². The molecule has 1 heterocycles. The fourth-order valence-electron chi connectivity index (χ4n) is 2.16. The van der Waals surface area contributed by atoms with E-state index in [4.69, 9.17) is 23.8 Å². The van der Waals surface area contributed by atoms with E-state index in [2.05, 4.69) is 4.98 Å². The molecule has 0 unspecified atom stereocenters. The van der Waals surface area contributed by atoms with Crippen molar-refractivity contribution in [2.45, 2.75) is 6.92 Å². The number of hydrogen-bond donors (Lipinski definition) is 1. The molecule has 0 aliphatic heterocycles. The predicted octanol–water partition coefficient (Wildman–Crippen LogP) is 4.93. The van der Waals surface area contributed by atoms with Crippen molar-refractivity contribution in [1.82, 2.24) is 9.55 Å². The van der Waals surface area contributed by atoms with Crippen LogP contribution < -0.4 is 0 Å². The summed E-state index contributed by atoms with van der Waals surface area (Å²) >= 11 is 11.3. The maximum absolute atomic E-state index is 14.1. The largest absolute Gasteiger partial charge is 0.330 e. The molecule has 2 nitrogen and oxygen atoms in total. The fraction of sp³-hybridized carbons (Fsp3) is 0.0714. The Balaban J connectivity index is 2.46. The first kappa shape index (κ1) is 13.3. The first-order valence-corrected chi connectivity index (χ1v) is 6.63. The minimum atomic E-state index is -0.489. The molecule has 6 heteroatoms.